The summed E-state index contributed by atoms with van der Waals surface area (Å²) >= 11 is 0. The molecule has 7 rings (SSSR count). The van der Waals surface area contributed by atoms with E-state index in [1.807, 2.05) is 6.92 Å². The van der Waals surface area contributed by atoms with Gasteiger partial charge in [0.2, 0.25) is 0 Å². The van der Waals surface area contributed by atoms with Gasteiger partial charge in [-0.25, -0.2) is 17.6 Å². The minimum Gasteiger partial charge on any atom is -0.508 e. The third-order valence-corrected chi connectivity index (χ3v) is 9.76. The lowest BCUT2D eigenvalue weighted by molar-refractivity contribution is 0.102. The number of alkyl halides is 1. The maximum Gasteiger partial charge on any atom is 0.319 e. The standard InChI is InChI=1S/C34H32F4N4O3/c1-3-22-25(36)6-5-19-11-21(43)12-23(28(19)22)29-26(37)13-24-31(30(29)38)39-33(40-32(24)41-10-7-18(2)27(44)16-41)45-17-34-8-4-9-42(34)15-20(35)14-34/h1,5-6,11-13,18,20,27,43-44H,4,7-10,14-17H2,2H3/t18?,20-,27+,34+/m1/s1. The first kappa shape index (κ1) is 29.6. The number of benzene rings is 3. The van der Waals surface area contributed by atoms with Crippen molar-refractivity contribution in [3.63, 3.8) is 0 Å². The van der Waals surface area contributed by atoms with Crippen LogP contribution in [0, 0.1) is 35.7 Å². The summed E-state index contributed by atoms with van der Waals surface area (Å²) in [4.78, 5) is 12.8. The van der Waals surface area contributed by atoms with Crippen LogP contribution >= 0.6 is 0 Å². The molecule has 3 saturated heterocycles. The zero-order valence-corrected chi connectivity index (χ0v) is 24.7. The largest absolute Gasteiger partial charge is 0.508 e. The number of aromatic hydroxyl groups is 1. The van der Waals surface area contributed by atoms with E-state index in [2.05, 4.69) is 20.8 Å². The number of ether oxygens (including phenoxy) is 1. The molecule has 4 heterocycles. The summed E-state index contributed by atoms with van der Waals surface area (Å²) in [5, 5.41) is 21.5. The summed E-state index contributed by atoms with van der Waals surface area (Å²) in [6.07, 6.45) is 6.52. The Labute approximate surface area is 257 Å². The van der Waals surface area contributed by atoms with Crippen LogP contribution < -0.4 is 9.64 Å². The van der Waals surface area contributed by atoms with Crippen molar-refractivity contribution in [3.8, 4) is 35.2 Å². The van der Waals surface area contributed by atoms with E-state index in [0.717, 1.165) is 37.6 Å². The zero-order valence-electron chi connectivity index (χ0n) is 24.7. The van der Waals surface area contributed by atoms with Crippen LogP contribution in [0.25, 0.3) is 32.8 Å². The van der Waals surface area contributed by atoms with Crippen molar-refractivity contribution < 1.29 is 32.5 Å². The number of halogens is 4. The average Bonchev–Trinajstić information content (AvgIpc) is 3.53. The molecule has 0 radical (unpaired) electrons. The van der Waals surface area contributed by atoms with Crippen LogP contribution in [0.4, 0.5) is 23.4 Å². The number of rotatable bonds is 5. The van der Waals surface area contributed by atoms with Crippen LogP contribution in [0.3, 0.4) is 0 Å². The van der Waals surface area contributed by atoms with E-state index in [4.69, 9.17) is 11.2 Å². The number of hydrogen-bond donors (Lipinski definition) is 2. The fourth-order valence-corrected chi connectivity index (χ4v) is 7.36. The number of anilines is 1. The Kier molecular flexibility index (Phi) is 7.25. The van der Waals surface area contributed by atoms with Crippen LogP contribution in [0.5, 0.6) is 11.8 Å². The van der Waals surface area contributed by atoms with Crippen LogP contribution in [-0.2, 0) is 0 Å². The molecule has 3 aliphatic heterocycles. The molecule has 234 valence electrons. The van der Waals surface area contributed by atoms with Crippen molar-refractivity contribution in [1.82, 2.24) is 14.9 Å². The smallest absolute Gasteiger partial charge is 0.319 e. The minimum atomic E-state index is -1.08. The highest BCUT2D eigenvalue weighted by Crippen LogP contribution is 2.43. The highest BCUT2D eigenvalue weighted by Gasteiger charge is 2.49. The molecule has 4 atom stereocenters. The highest BCUT2D eigenvalue weighted by atomic mass is 19.1. The van der Waals surface area contributed by atoms with Crippen LogP contribution in [-0.4, -0.2) is 75.7 Å². The topological polar surface area (TPSA) is 82.0 Å². The monoisotopic (exact) mass is 620 g/mol. The van der Waals surface area contributed by atoms with Gasteiger partial charge in [-0.3, -0.25) is 4.90 Å². The number of β-amino-alcohol motifs (C(OH)–C–C–N with tert-alkyl or cyclic N) is 1. The molecule has 45 heavy (non-hydrogen) atoms. The van der Waals surface area contributed by atoms with Gasteiger partial charge < -0.3 is 19.8 Å². The van der Waals surface area contributed by atoms with Gasteiger partial charge in [0.25, 0.3) is 0 Å². The molecule has 0 aliphatic carbocycles. The lowest BCUT2D eigenvalue weighted by atomic mass is 9.92. The number of piperidine rings is 1. The van der Waals surface area contributed by atoms with Crippen LogP contribution in [0.1, 0.15) is 38.2 Å². The molecular formula is C34H32F4N4O3. The Morgan fingerprint density at radius 3 is 2.71 bits per heavy atom. The van der Waals surface area contributed by atoms with Gasteiger partial charge >= 0.3 is 6.01 Å². The van der Waals surface area contributed by atoms with Gasteiger partial charge in [-0.1, -0.05) is 18.9 Å². The zero-order chi connectivity index (χ0) is 31.6. The fourth-order valence-electron chi connectivity index (χ4n) is 7.36. The predicted molar refractivity (Wildman–Crippen MR) is 163 cm³/mol. The normalized spacial score (nSPS) is 25.2. The molecule has 2 N–H and O–H groups in total. The van der Waals surface area contributed by atoms with E-state index in [-0.39, 0.29) is 64.1 Å². The number of hydrogen-bond acceptors (Lipinski definition) is 7. The van der Waals surface area contributed by atoms with Gasteiger partial charge in [0.05, 0.1) is 22.8 Å². The van der Waals surface area contributed by atoms with E-state index < -0.39 is 40.8 Å². The third kappa shape index (κ3) is 4.91. The van der Waals surface area contributed by atoms with Crippen molar-refractivity contribution in [3.05, 3.63) is 53.3 Å². The highest BCUT2D eigenvalue weighted by molar-refractivity contribution is 6.04. The van der Waals surface area contributed by atoms with Gasteiger partial charge in [0.1, 0.15) is 41.5 Å². The van der Waals surface area contributed by atoms with Crippen molar-refractivity contribution in [1.29, 1.82) is 0 Å². The van der Waals surface area contributed by atoms with Crippen molar-refractivity contribution >= 4 is 27.5 Å². The van der Waals surface area contributed by atoms with Crippen molar-refractivity contribution in [2.45, 2.75) is 50.4 Å². The maximum absolute atomic E-state index is 16.7. The third-order valence-electron chi connectivity index (χ3n) is 9.76. The molecular weight excluding hydrogens is 588 g/mol. The van der Waals surface area contributed by atoms with Crippen molar-refractivity contribution in [2.75, 3.05) is 37.7 Å². The second kappa shape index (κ2) is 11.0. The summed E-state index contributed by atoms with van der Waals surface area (Å²) in [6, 6.07) is 5.91. The van der Waals surface area contributed by atoms with E-state index in [1.165, 1.54) is 12.1 Å². The van der Waals surface area contributed by atoms with Crippen LogP contribution in [0.15, 0.2) is 30.3 Å². The molecule has 11 heteroatoms. The van der Waals surface area contributed by atoms with Gasteiger partial charge in [-0.15, -0.1) is 6.42 Å². The number of aliphatic hydroxyl groups is 1. The van der Waals surface area contributed by atoms with E-state index in [1.54, 1.807) is 4.90 Å². The molecule has 3 aliphatic rings. The van der Waals surface area contributed by atoms with E-state index in [9.17, 15) is 19.0 Å². The van der Waals surface area contributed by atoms with Gasteiger partial charge in [0, 0.05) is 42.4 Å². The first-order chi connectivity index (χ1) is 21.6. The van der Waals surface area contributed by atoms with Gasteiger partial charge in [-0.05, 0) is 61.4 Å². The van der Waals surface area contributed by atoms with E-state index >= 15 is 8.78 Å². The molecule has 0 bridgehead atoms. The molecule has 7 nitrogen and oxygen atoms in total. The Balaban J connectivity index is 1.41. The van der Waals surface area contributed by atoms with Crippen molar-refractivity contribution in [2.24, 2.45) is 5.92 Å². The maximum atomic E-state index is 16.7. The average molecular weight is 621 g/mol. The Morgan fingerprint density at radius 1 is 1.11 bits per heavy atom. The molecule has 1 aromatic heterocycles. The quantitative estimate of drug-likeness (QED) is 0.218. The molecule has 1 unspecified atom stereocenters. The number of nitrogens with zero attached hydrogens (tertiary/aromatic N) is 4. The van der Waals surface area contributed by atoms with Gasteiger partial charge in [-0.2, -0.15) is 9.97 Å². The van der Waals surface area contributed by atoms with Crippen LogP contribution in [0.2, 0.25) is 0 Å². The summed E-state index contributed by atoms with van der Waals surface area (Å²) in [6.45, 7) is 3.76. The SMILES string of the molecule is C#Cc1c(F)ccc2cc(O)cc(-c3c(F)cc4c(N5CCC(C)[C@@H](O)C5)nc(OC[C@@]56CCCN5C[C@H](F)C6)nc4c3F)c12. The number of aromatic nitrogens is 2. The minimum absolute atomic E-state index is 0.0263. The molecule has 0 saturated carbocycles. The predicted octanol–water partition coefficient (Wildman–Crippen LogP) is 5.72. The van der Waals surface area contributed by atoms with E-state index in [0.29, 0.717) is 31.3 Å². The fraction of sp³-hybridized carbons (Fsp3) is 0.412. The summed E-state index contributed by atoms with van der Waals surface area (Å²) in [5.41, 5.74) is -1.67. The number of phenolic OH excluding ortho intramolecular Hbond substituents is 1. The molecule has 0 amide bonds. The summed E-state index contributed by atoms with van der Waals surface area (Å²) in [5.74, 6) is -0.629. The number of terminal acetylenes is 1. The Bertz CT molecular complexity index is 1880. The lowest BCUT2D eigenvalue weighted by Gasteiger charge is -2.35. The summed E-state index contributed by atoms with van der Waals surface area (Å²) in [7, 11) is 0. The number of phenols is 1. The summed E-state index contributed by atoms with van der Waals surface area (Å²) < 4.78 is 68.2. The Morgan fingerprint density at radius 2 is 1.93 bits per heavy atom. The molecule has 0 spiro atoms. The van der Waals surface area contributed by atoms with Gasteiger partial charge in [0.15, 0.2) is 5.82 Å². The first-order valence-corrected chi connectivity index (χ1v) is 15.2. The lowest BCUT2D eigenvalue weighted by Crippen LogP contribution is -2.44. The Hall–Kier alpha value is -4.14. The second-order valence-corrected chi connectivity index (χ2v) is 12.6. The second-order valence-electron chi connectivity index (χ2n) is 12.6. The molecule has 3 fully saturated rings. The molecule has 3 aromatic carbocycles. The number of aliphatic hydroxyl groups excluding tert-OH is 1. The first-order valence-electron chi connectivity index (χ1n) is 15.2. The number of fused-ring (bicyclic) bond motifs is 3. The molecule has 4 aromatic rings.